The number of rotatable bonds is 3. The highest BCUT2D eigenvalue weighted by molar-refractivity contribution is 5.72. The van der Waals surface area contributed by atoms with E-state index in [4.69, 9.17) is 24.7 Å². The molecule has 19 atom stereocenters. The number of fused-ring (bicyclic) bond motifs is 2. The van der Waals surface area contributed by atoms with Gasteiger partial charge in [0.2, 0.25) is 0 Å². The fourth-order valence-electron chi connectivity index (χ4n) is 8.11. The fourth-order valence-corrected chi connectivity index (χ4v) is 8.11. The number of aliphatic hydroxyl groups is 10. The maximum absolute atomic E-state index is 12.6. The van der Waals surface area contributed by atoms with E-state index < -0.39 is 141 Å². The van der Waals surface area contributed by atoms with Crippen LogP contribution in [0.3, 0.4) is 0 Å². The number of esters is 1. The molecule has 370 valence electrons. The van der Waals surface area contributed by atoms with Crippen molar-refractivity contribution in [3.8, 4) is 0 Å². The van der Waals surface area contributed by atoms with E-state index in [-0.39, 0.29) is 38.0 Å². The molecule has 2 bridgehead atoms. The number of aliphatic hydroxyl groups excluding tert-OH is 9. The number of carboxylic acids is 1. The van der Waals surface area contributed by atoms with Crippen LogP contribution in [0, 0.1) is 17.8 Å². The zero-order valence-electron chi connectivity index (χ0n) is 37.8. The molecule has 0 spiro atoms. The smallest absolute Gasteiger partial charge is 0.311 e. The Morgan fingerprint density at radius 2 is 1.29 bits per heavy atom. The lowest BCUT2D eigenvalue weighted by Gasteiger charge is -2.47. The van der Waals surface area contributed by atoms with Crippen LogP contribution < -0.4 is 5.73 Å². The van der Waals surface area contributed by atoms with Gasteiger partial charge in [0.25, 0.3) is 0 Å². The molecule has 3 aliphatic rings. The maximum Gasteiger partial charge on any atom is 0.311 e. The van der Waals surface area contributed by atoms with Gasteiger partial charge >= 0.3 is 11.9 Å². The first-order valence-electron chi connectivity index (χ1n) is 22.6. The highest BCUT2D eigenvalue weighted by Gasteiger charge is 2.54. The van der Waals surface area contributed by atoms with Crippen molar-refractivity contribution in [1.82, 2.24) is 0 Å². The first-order chi connectivity index (χ1) is 30.6. The Morgan fingerprint density at radius 1 is 0.708 bits per heavy atom. The summed E-state index contributed by atoms with van der Waals surface area (Å²) in [5, 5.41) is 119. The normalized spacial score (nSPS) is 42.3. The van der Waals surface area contributed by atoms with E-state index in [1.807, 2.05) is 49.5 Å². The molecule has 0 aromatic rings. The van der Waals surface area contributed by atoms with E-state index in [2.05, 4.69) is 0 Å². The fraction of sp³-hybridized carbons (Fsp3) is 0.702. The van der Waals surface area contributed by atoms with Crippen molar-refractivity contribution in [3.05, 3.63) is 72.9 Å². The zero-order chi connectivity index (χ0) is 48.4. The average molecular weight is 926 g/mol. The van der Waals surface area contributed by atoms with Gasteiger partial charge in [-0.15, -0.1) is 0 Å². The van der Waals surface area contributed by atoms with Crippen LogP contribution in [0.15, 0.2) is 72.9 Å². The van der Waals surface area contributed by atoms with Crippen LogP contribution >= 0.6 is 0 Å². The van der Waals surface area contributed by atoms with Gasteiger partial charge in [-0.2, -0.15) is 0 Å². The number of ether oxygens (including phenoxy) is 4. The lowest BCUT2D eigenvalue weighted by molar-refractivity contribution is -0.339. The molecular formula is C47H75NO17. The predicted molar refractivity (Wildman–Crippen MR) is 237 cm³/mol. The molecule has 18 nitrogen and oxygen atoms in total. The van der Waals surface area contributed by atoms with E-state index in [1.54, 1.807) is 44.2 Å². The van der Waals surface area contributed by atoms with Crippen LogP contribution in [0.1, 0.15) is 91.9 Å². The largest absolute Gasteiger partial charge is 0.481 e. The Bertz CT molecular complexity index is 1620. The number of aliphatic carboxylic acids is 1. The number of allylic oxidation sites excluding steroid dienone is 10. The van der Waals surface area contributed by atoms with Crippen molar-refractivity contribution >= 4 is 11.9 Å². The number of hydrogen-bond acceptors (Lipinski definition) is 17. The molecule has 0 aliphatic carbocycles. The summed E-state index contributed by atoms with van der Waals surface area (Å²) < 4.78 is 23.3. The summed E-state index contributed by atoms with van der Waals surface area (Å²) in [5.74, 6) is -7.03. The molecule has 3 heterocycles. The van der Waals surface area contributed by atoms with Crippen molar-refractivity contribution in [2.24, 2.45) is 23.5 Å². The van der Waals surface area contributed by atoms with E-state index in [1.165, 1.54) is 6.92 Å². The van der Waals surface area contributed by atoms with Gasteiger partial charge in [-0.25, -0.2) is 0 Å². The molecule has 13 N–H and O–H groups in total. The second kappa shape index (κ2) is 27.6. The molecule has 0 aromatic heterocycles. The molecule has 0 amide bonds. The molecule has 0 saturated carbocycles. The van der Waals surface area contributed by atoms with Gasteiger partial charge in [-0.05, 0) is 58.8 Å². The summed E-state index contributed by atoms with van der Waals surface area (Å²) in [6.07, 6.45) is 1.78. The van der Waals surface area contributed by atoms with E-state index in [0.29, 0.717) is 0 Å². The van der Waals surface area contributed by atoms with Crippen LogP contribution in [0.25, 0.3) is 0 Å². The monoisotopic (exact) mass is 926 g/mol. The van der Waals surface area contributed by atoms with Gasteiger partial charge in [0, 0.05) is 24.7 Å². The molecule has 3 rings (SSSR count). The van der Waals surface area contributed by atoms with Gasteiger partial charge in [-0.1, -0.05) is 86.8 Å². The van der Waals surface area contributed by atoms with Gasteiger partial charge in [0.05, 0.1) is 73.5 Å². The molecule has 3 aliphatic heterocycles. The minimum absolute atomic E-state index is 0.111. The van der Waals surface area contributed by atoms with Crippen LogP contribution in [0.5, 0.6) is 0 Å². The molecule has 18 heteroatoms. The number of hydrogen-bond donors (Lipinski definition) is 12. The summed E-state index contributed by atoms with van der Waals surface area (Å²) in [6.45, 7) is 6.75. The number of cyclic esters (lactones) is 1. The van der Waals surface area contributed by atoms with Crippen molar-refractivity contribution in [2.75, 3.05) is 0 Å². The lowest BCUT2D eigenvalue weighted by atomic mass is 9.82. The first-order valence-corrected chi connectivity index (χ1v) is 22.6. The first kappa shape index (κ1) is 56.1. The van der Waals surface area contributed by atoms with E-state index >= 15 is 0 Å². The van der Waals surface area contributed by atoms with Crippen LogP contribution in [0.4, 0.5) is 0 Å². The average Bonchev–Trinajstić information content (AvgIpc) is 3.22. The second-order valence-corrected chi connectivity index (χ2v) is 17.8. The van der Waals surface area contributed by atoms with E-state index in [9.17, 15) is 65.8 Å². The van der Waals surface area contributed by atoms with Gasteiger partial charge in [0.1, 0.15) is 24.2 Å². The topological polar surface area (TPSA) is 320 Å². The Kier molecular flexibility index (Phi) is 23.8. The van der Waals surface area contributed by atoms with Gasteiger partial charge in [0.15, 0.2) is 12.1 Å². The quantitative estimate of drug-likeness (QED) is 0.175. The molecule has 0 radical (unpaired) electrons. The standard InChI is InChI=1S/C47H75NO17/c1-27-18-16-14-12-10-8-6-5-7-9-11-13-15-17-19-37(64-46-43(58)40(48)42(57)30(4)63-46)44-39(45(59)60)36(54)26-47(61,65-44)25-35(53)34(52)21-20-31(49)22-32(50)23-33(51)24-38(55)62-29(3)28(2)41(27)56/h5-7,9,11-18,27-37,39-44,46,49-54,56-58,61H,8,10,19-26,48H2,1-4H3,(H,59,60)/t27-,28-,29-,30+,31+,32+,33+,34-,35+,36-,37-,39-,40-,41+,42+,43-,44-,46+,47+/m0/s1. The molecule has 2 fully saturated rings. The highest BCUT2D eigenvalue weighted by atomic mass is 16.7. The lowest BCUT2D eigenvalue weighted by Crippen LogP contribution is -2.63. The number of carbonyl (C=O) groups is 2. The van der Waals surface area contributed by atoms with Crippen LogP contribution in [0.2, 0.25) is 0 Å². The third kappa shape index (κ3) is 18.4. The maximum atomic E-state index is 12.6. The number of carbonyl (C=O) groups excluding carboxylic acids is 1. The van der Waals surface area contributed by atoms with Crippen LogP contribution in [-0.4, -0.2) is 166 Å². The molecule has 0 aromatic carbocycles. The Morgan fingerprint density at radius 3 is 1.94 bits per heavy atom. The minimum Gasteiger partial charge on any atom is -0.481 e. The van der Waals surface area contributed by atoms with Gasteiger partial charge < -0.3 is 80.9 Å². The molecule has 2 saturated heterocycles. The third-order valence-corrected chi connectivity index (χ3v) is 12.3. The summed E-state index contributed by atoms with van der Waals surface area (Å²) in [5.41, 5.74) is 6.03. The molecule has 0 unspecified atom stereocenters. The molecule has 65 heavy (non-hydrogen) atoms. The predicted octanol–water partition coefficient (Wildman–Crippen LogP) is 0.936. The highest BCUT2D eigenvalue weighted by Crippen LogP contribution is 2.39. The summed E-state index contributed by atoms with van der Waals surface area (Å²) in [6, 6.07) is -1.20. The summed E-state index contributed by atoms with van der Waals surface area (Å²) in [7, 11) is 0. The van der Waals surface area contributed by atoms with Crippen molar-refractivity contribution in [3.63, 3.8) is 0 Å². The van der Waals surface area contributed by atoms with Crippen molar-refractivity contribution in [2.45, 2.75) is 189 Å². The van der Waals surface area contributed by atoms with Gasteiger partial charge in [-0.3, -0.25) is 9.59 Å². The van der Waals surface area contributed by atoms with Crippen molar-refractivity contribution < 1.29 is 84.7 Å². The van der Waals surface area contributed by atoms with Crippen molar-refractivity contribution in [1.29, 1.82) is 0 Å². The SMILES string of the molecule is C[C@@H]1[C@H](O)[C@@H](C)C=CC=CCCC=CC=CC=CC=CC[C@H](O[C@H]2O[C@H](C)[C@@H](O)[C@H](N)[C@@H]2O)[C@@H]2O[C@](O)(C[C@@H](O)[C@@H](O)CC[C@@H](O)C[C@@H](O)C[C@@H](O)CC(=O)O[C@H]1C)C[C@H](O)[C@@H]2C(=O)O. The Balaban J connectivity index is 1.85. The number of nitrogens with two attached hydrogens (primary N) is 1. The second-order valence-electron chi connectivity index (χ2n) is 17.8. The molecular weight excluding hydrogens is 851 g/mol. The Hall–Kier alpha value is -3.18. The third-order valence-electron chi connectivity index (χ3n) is 12.3. The Labute approximate surface area is 381 Å². The van der Waals surface area contributed by atoms with E-state index in [0.717, 1.165) is 12.8 Å². The van der Waals surface area contributed by atoms with Crippen LogP contribution in [-0.2, 0) is 28.5 Å². The summed E-state index contributed by atoms with van der Waals surface area (Å²) in [4.78, 5) is 25.2. The summed E-state index contributed by atoms with van der Waals surface area (Å²) >= 11 is 0. The zero-order valence-corrected chi connectivity index (χ0v) is 37.8. The number of carboxylic acid groups (broad SMARTS) is 1. The minimum atomic E-state index is -2.42.